The van der Waals surface area contributed by atoms with Crippen LogP contribution in [0.2, 0.25) is 10.0 Å². The van der Waals surface area contributed by atoms with E-state index in [1.165, 1.54) is 37.3 Å². The summed E-state index contributed by atoms with van der Waals surface area (Å²) in [4.78, 5) is 17.2. The molecule has 2 heterocycles. The van der Waals surface area contributed by atoms with Gasteiger partial charge >= 0.3 is 12.1 Å². The second kappa shape index (κ2) is 8.88. The molecule has 0 aliphatic heterocycles. The molecule has 2 aromatic heterocycles. The minimum absolute atomic E-state index is 0.00140. The maximum atomic E-state index is 14.2. The number of aryl methyl sites for hydroxylation is 1. The lowest BCUT2D eigenvalue weighted by Gasteiger charge is -2.14. The van der Waals surface area contributed by atoms with Gasteiger partial charge in [0.15, 0.2) is 5.65 Å². The van der Waals surface area contributed by atoms with Gasteiger partial charge in [0.2, 0.25) is 0 Å². The van der Waals surface area contributed by atoms with E-state index in [-0.39, 0.29) is 55.9 Å². The van der Waals surface area contributed by atoms with Crippen LogP contribution in [-0.4, -0.2) is 27.3 Å². The Balaban J connectivity index is 2.09. The summed E-state index contributed by atoms with van der Waals surface area (Å²) in [6.45, 7) is 3.20. The Hall–Kier alpha value is -3.17. The quantitative estimate of drug-likeness (QED) is 0.167. The molecule has 2 aromatic carbocycles. The number of fused-ring (bicyclic) bond motifs is 1. The smallest absolute Gasteiger partial charge is 0.418 e. The number of carbonyl (C=O) groups is 1. The molecule has 0 bridgehead atoms. The molecule has 0 atom stereocenters. The van der Waals surface area contributed by atoms with E-state index in [4.69, 9.17) is 27.9 Å². The van der Waals surface area contributed by atoms with Crippen LogP contribution in [-0.2, 0) is 10.9 Å². The van der Waals surface area contributed by atoms with Crippen molar-refractivity contribution in [1.82, 2.24) is 14.8 Å². The summed E-state index contributed by atoms with van der Waals surface area (Å²) in [5, 5.41) is 4.26. The van der Waals surface area contributed by atoms with Crippen molar-refractivity contribution in [2.24, 2.45) is 0 Å². The Morgan fingerprint density at radius 1 is 1.12 bits per heavy atom. The number of halogens is 6. The maximum absolute atomic E-state index is 14.2. The summed E-state index contributed by atoms with van der Waals surface area (Å²) in [7, 11) is 0. The first kappa shape index (κ1) is 24.0. The van der Waals surface area contributed by atoms with Crippen molar-refractivity contribution < 1.29 is 27.1 Å². The number of nitrogens with zero attached hydrogens (tertiary/aromatic N) is 3. The predicted molar refractivity (Wildman–Crippen MR) is 120 cm³/mol. The monoisotopic (exact) mass is 511 g/mol. The predicted octanol–water partition coefficient (Wildman–Crippen LogP) is 7.04. The van der Waals surface area contributed by atoms with Crippen LogP contribution in [0.25, 0.3) is 28.0 Å². The standard InChI is InChI=1S/C23H15Cl2F4N3O2/c1-3-34-22(33)13-9-18(12-8-17(26)16(25)10-15(12)24)30-21-20(13)11(2)31-32(21)19-7-5-4-6-14(19)23(27,28)29/h4-10H,3H2,1-2H3. The van der Waals surface area contributed by atoms with Crippen LogP contribution < -0.4 is 0 Å². The highest BCUT2D eigenvalue weighted by atomic mass is 35.5. The first-order valence-corrected chi connectivity index (χ1v) is 10.7. The van der Waals surface area contributed by atoms with Crippen molar-refractivity contribution in [1.29, 1.82) is 0 Å². The topological polar surface area (TPSA) is 57.0 Å². The number of aromatic nitrogens is 3. The van der Waals surface area contributed by atoms with Gasteiger partial charge in [-0.1, -0.05) is 35.3 Å². The van der Waals surface area contributed by atoms with E-state index in [1.54, 1.807) is 6.92 Å². The SMILES string of the molecule is CCOC(=O)c1cc(-c2cc(F)c(Cl)cc2Cl)nc2c1c(C)nn2-c1ccccc1C(F)(F)F. The van der Waals surface area contributed by atoms with Gasteiger partial charge in [0.05, 0.1) is 50.2 Å². The van der Waals surface area contributed by atoms with Crippen molar-refractivity contribution >= 4 is 40.2 Å². The fourth-order valence-corrected chi connectivity index (χ4v) is 4.06. The second-order valence-electron chi connectivity index (χ2n) is 7.23. The van der Waals surface area contributed by atoms with Gasteiger partial charge in [-0.15, -0.1) is 0 Å². The first-order chi connectivity index (χ1) is 16.0. The van der Waals surface area contributed by atoms with Crippen molar-refractivity contribution in [3.05, 3.63) is 75.1 Å². The molecule has 0 unspecified atom stereocenters. The number of hydrogen-bond acceptors (Lipinski definition) is 4. The summed E-state index contributed by atoms with van der Waals surface area (Å²) in [6.07, 6.45) is -4.67. The van der Waals surface area contributed by atoms with Crippen LogP contribution in [0.4, 0.5) is 17.6 Å². The number of para-hydroxylation sites is 1. The average Bonchev–Trinajstić information content (AvgIpc) is 3.11. The van der Waals surface area contributed by atoms with E-state index in [0.29, 0.717) is 0 Å². The van der Waals surface area contributed by atoms with Gasteiger partial charge in [0.1, 0.15) is 5.82 Å². The molecule has 34 heavy (non-hydrogen) atoms. The summed E-state index contributed by atoms with van der Waals surface area (Å²) >= 11 is 12.0. The van der Waals surface area contributed by atoms with Gasteiger partial charge < -0.3 is 4.74 Å². The van der Waals surface area contributed by atoms with Crippen molar-refractivity contribution in [3.63, 3.8) is 0 Å². The zero-order chi connectivity index (χ0) is 24.8. The van der Waals surface area contributed by atoms with Crippen LogP contribution in [0.5, 0.6) is 0 Å². The second-order valence-corrected chi connectivity index (χ2v) is 8.05. The molecule has 0 fully saturated rings. The minimum atomic E-state index is -4.67. The Kier molecular flexibility index (Phi) is 6.26. The Labute approximate surface area is 200 Å². The summed E-state index contributed by atoms with van der Waals surface area (Å²) < 4.78 is 61.5. The number of pyridine rings is 1. The molecule has 0 amide bonds. The Morgan fingerprint density at radius 2 is 1.82 bits per heavy atom. The minimum Gasteiger partial charge on any atom is -0.462 e. The third-order valence-corrected chi connectivity index (χ3v) is 5.63. The van der Waals surface area contributed by atoms with Gasteiger partial charge in [-0.2, -0.15) is 18.3 Å². The van der Waals surface area contributed by atoms with Crippen molar-refractivity contribution in [3.8, 4) is 16.9 Å². The number of rotatable bonds is 4. The maximum Gasteiger partial charge on any atom is 0.418 e. The molecule has 0 saturated heterocycles. The molecule has 176 valence electrons. The van der Waals surface area contributed by atoms with E-state index in [9.17, 15) is 22.4 Å². The largest absolute Gasteiger partial charge is 0.462 e. The number of esters is 1. The number of ether oxygens (including phenoxy) is 1. The Bertz CT molecular complexity index is 1430. The van der Waals surface area contributed by atoms with E-state index < -0.39 is 23.5 Å². The summed E-state index contributed by atoms with van der Waals surface area (Å²) in [5.74, 6) is -1.53. The highest BCUT2D eigenvalue weighted by Gasteiger charge is 2.35. The van der Waals surface area contributed by atoms with Gasteiger partial charge in [0, 0.05) is 5.56 Å². The van der Waals surface area contributed by atoms with Gasteiger partial charge in [-0.05, 0) is 44.2 Å². The molecule has 11 heteroatoms. The number of hydrogen-bond donors (Lipinski definition) is 0. The molecule has 0 N–H and O–H groups in total. The lowest BCUT2D eigenvalue weighted by atomic mass is 10.1. The molecule has 0 saturated carbocycles. The zero-order valence-electron chi connectivity index (χ0n) is 17.7. The van der Waals surface area contributed by atoms with Gasteiger partial charge in [-0.3, -0.25) is 0 Å². The molecule has 0 aliphatic rings. The van der Waals surface area contributed by atoms with E-state index in [0.717, 1.165) is 16.8 Å². The van der Waals surface area contributed by atoms with Gasteiger partial charge in [0.25, 0.3) is 0 Å². The zero-order valence-corrected chi connectivity index (χ0v) is 19.2. The lowest BCUT2D eigenvalue weighted by molar-refractivity contribution is -0.137. The van der Waals surface area contributed by atoms with Crippen molar-refractivity contribution in [2.75, 3.05) is 6.61 Å². The van der Waals surface area contributed by atoms with Crippen LogP contribution in [0.1, 0.15) is 28.5 Å². The average molecular weight is 512 g/mol. The number of benzene rings is 2. The Morgan fingerprint density at radius 3 is 2.50 bits per heavy atom. The van der Waals surface area contributed by atoms with Crippen LogP contribution in [0.15, 0.2) is 42.5 Å². The van der Waals surface area contributed by atoms with Crippen LogP contribution >= 0.6 is 23.2 Å². The highest BCUT2D eigenvalue weighted by molar-refractivity contribution is 6.36. The van der Waals surface area contributed by atoms with Crippen LogP contribution in [0.3, 0.4) is 0 Å². The third kappa shape index (κ3) is 4.21. The third-order valence-electron chi connectivity index (χ3n) is 5.03. The van der Waals surface area contributed by atoms with E-state index in [2.05, 4.69) is 10.1 Å². The molecule has 0 aliphatic carbocycles. The highest BCUT2D eigenvalue weighted by Crippen LogP contribution is 2.37. The van der Waals surface area contributed by atoms with E-state index in [1.807, 2.05) is 0 Å². The fraction of sp³-hybridized carbons (Fsp3) is 0.174. The molecule has 0 spiro atoms. The fourth-order valence-electron chi connectivity index (χ4n) is 3.58. The normalized spacial score (nSPS) is 11.8. The molecule has 5 nitrogen and oxygen atoms in total. The molecule has 4 rings (SSSR count). The number of carbonyl (C=O) groups excluding carboxylic acids is 1. The molecule has 0 radical (unpaired) electrons. The van der Waals surface area contributed by atoms with E-state index >= 15 is 0 Å². The number of alkyl halides is 3. The summed E-state index contributed by atoms with van der Waals surface area (Å²) in [6, 6.07) is 8.38. The van der Waals surface area contributed by atoms with Crippen molar-refractivity contribution in [2.45, 2.75) is 20.0 Å². The molecule has 4 aromatic rings. The molecular formula is C23H15Cl2F4N3O2. The first-order valence-electron chi connectivity index (χ1n) is 9.92. The lowest BCUT2D eigenvalue weighted by Crippen LogP contribution is -2.12. The van der Waals surface area contributed by atoms with Crippen LogP contribution in [0, 0.1) is 12.7 Å². The van der Waals surface area contributed by atoms with Gasteiger partial charge in [-0.25, -0.2) is 18.9 Å². The molecular weight excluding hydrogens is 497 g/mol. The summed E-state index contributed by atoms with van der Waals surface area (Å²) in [5.41, 5.74) is -0.918.